The van der Waals surface area contributed by atoms with Crippen LogP contribution in [-0.2, 0) is 22.6 Å². The highest BCUT2D eigenvalue weighted by atomic mass is 35.5. The minimum Gasteiger partial charge on any atom is -0.357 e. The zero-order valence-corrected chi connectivity index (χ0v) is 19.2. The lowest BCUT2D eigenvalue weighted by molar-refractivity contribution is -0.141. The van der Waals surface area contributed by atoms with E-state index < -0.39 is 6.04 Å². The number of carbonyl (C=O) groups is 2. The van der Waals surface area contributed by atoms with Gasteiger partial charge in [-0.2, -0.15) is 0 Å². The van der Waals surface area contributed by atoms with Gasteiger partial charge in [-0.1, -0.05) is 78.7 Å². The van der Waals surface area contributed by atoms with Gasteiger partial charge >= 0.3 is 0 Å². The summed E-state index contributed by atoms with van der Waals surface area (Å²) in [7, 11) is 1.58. The van der Waals surface area contributed by atoms with Gasteiger partial charge in [-0.05, 0) is 46.9 Å². The molecule has 0 fully saturated rings. The van der Waals surface area contributed by atoms with Crippen LogP contribution < -0.4 is 5.32 Å². The molecular formula is C25H26Cl2N2O2. The summed E-state index contributed by atoms with van der Waals surface area (Å²) < 4.78 is 0. The van der Waals surface area contributed by atoms with E-state index in [-0.39, 0.29) is 18.4 Å². The fourth-order valence-electron chi connectivity index (χ4n) is 3.82. The van der Waals surface area contributed by atoms with E-state index in [4.69, 9.17) is 23.2 Å². The van der Waals surface area contributed by atoms with Gasteiger partial charge in [0.05, 0.1) is 0 Å². The molecule has 4 nitrogen and oxygen atoms in total. The summed E-state index contributed by atoms with van der Waals surface area (Å²) in [5.41, 5.74) is 1.87. The predicted octanol–water partition coefficient (Wildman–Crippen LogP) is 5.63. The maximum atomic E-state index is 13.3. The van der Waals surface area contributed by atoms with Crippen molar-refractivity contribution in [2.75, 3.05) is 7.05 Å². The minimum absolute atomic E-state index is 0.0885. The molecule has 162 valence electrons. The topological polar surface area (TPSA) is 49.4 Å². The number of nitrogens with zero attached hydrogens (tertiary/aromatic N) is 1. The van der Waals surface area contributed by atoms with Crippen LogP contribution in [0.1, 0.15) is 30.9 Å². The highest BCUT2D eigenvalue weighted by molar-refractivity contribution is 6.35. The van der Waals surface area contributed by atoms with Gasteiger partial charge < -0.3 is 10.2 Å². The van der Waals surface area contributed by atoms with E-state index in [0.29, 0.717) is 29.3 Å². The number of nitrogens with one attached hydrogen (secondary N) is 1. The number of hydrogen-bond acceptors (Lipinski definition) is 2. The van der Waals surface area contributed by atoms with Crippen LogP contribution in [0.2, 0.25) is 10.0 Å². The number of aryl methyl sites for hydroxylation is 1. The van der Waals surface area contributed by atoms with Crippen molar-refractivity contribution < 1.29 is 9.59 Å². The molecule has 3 aromatic rings. The lowest BCUT2D eigenvalue weighted by Crippen LogP contribution is -2.48. The normalized spacial score (nSPS) is 11.9. The quantitative estimate of drug-likeness (QED) is 0.477. The molecule has 0 saturated heterocycles. The molecule has 0 saturated carbocycles. The average molecular weight is 457 g/mol. The fourth-order valence-corrected chi connectivity index (χ4v) is 4.28. The molecule has 0 aliphatic rings. The van der Waals surface area contributed by atoms with Crippen LogP contribution in [0.3, 0.4) is 0 Å². The number of rotatable bonds is 8. The van der Waals surface area contributed by atoms with E-state index in [1.54, 1.807) is 30.1 Å². The molecule has 0 aliphatic carbocycles. The third kappa shape index (κ3) is 5.57. The van der Waals surface area contributed by atoms with Crippen molar-refractivity contribution in [2.45, 2.75) is 38.8 Å². The van der Waals surface area contributed by atoms with Crippen molar-refractivity contribution >= 4 is 45.8 Å². The maximum absolute atomic E-state index is 13.3. The Morgan fingerprint density at radius 3 is 2.45 bits per heavy atom. The number of amides is 2. The summed E-state index contributed by atoms with van der Waals surface area (Å²) in [5.74, 6) is -0.277. The Morgan fingerprint density at radius 2 is 1.74 bits per heavy atom. The van der Waals surface area contributed by atoms with Gasteiger partial charge in [0.15, 0.2) is 0 Å². The Bertz CT molecular complexity index is 1080. The summed E-state index contributed by atoms with van der Waals surface area (Å²) in [4.78, 5) is 27.5. The number of fused-ring (bicyclic) bond motifs is 1. The maximum Gasteiger partial charge on any atom is 0.242 e. The van der Waals surface area contributed by atoms with Gasteiger partial charge in [0.25, 0.3) is 0 Å². The lowest BCUT2D eigenvalue weighted by atomic mass is 10.00. The second kappa shape index (κ2) is 10.7. The zero-order valence-electron chi connectivity index (χ0n) is 17.7. The van der Waals surface area contributed by atoms with E-state index in [2.05, 4.69) is 23.5 Å². The first-order chi connectivity index (χ1) is 14.9. The van der Waals surface area contributed by atoms with Crippen LogP contribution in [0.5, 0.6) is 0 Å². The molecule has 2 amide bonds. The molecular weight excluding hydrogens is 431 g/mol. The molecule has 0 radical (unpaired) electrons. The summed E-state index contributed by atoms with van der Waals surface area (Å²) in [6.07, 6.45) is 1.40. The van der Waals surface area contributed by atoms with Crippen LogP contribution >= 0.6 is 23.2 Å². The molecule has 1 N–H and O–H groups in total. The predicted molar refractivity (Wildman–Crippen MR) is 127 cm³/mol. The Morgan fingerprint density at radius 1 is 1.00 bits per heavy atom. The van der Waals surface area contributed by atoms with Crippen molar-refractivity contribution in [3.05, 3.63) is 81.8 Å². The molecule has 6 heteroatoms. The van der Waals surface area contributed by atoms with Crippen molar-refractivity contribution in [3.63, 3.8) is 0 Å². The first-order valence-corrected chi connectivity index (χ1v) is 11.1. The summed E-state index contributed by atoms with van der Waals surface area (Å²) in [6.45, 7) is 2.14. The van der Waals surface area contributed by atoms with E-state index >= 15 is 0 Å². The lowest BCUT2D eigenvalue weighted by Gasteiger charge is -2.30. The molecule has 0 bridgehead atoms. The van der Waals surface area contributed by atoms with Gasteiger partial charge in [0.1, 0.15) is 6.04 Å². The number of benzene rings is 3. The van der Waals surface area contributed by atoms with Crippen LogP contribution in [0.4, 0.5) is 0 Å². The van der Waals surface area contributed by atoms with E-state index in [0.717, 1.165) is 21.9 Å². The second-order valence-electron chi connectivity index (χ2n) is 7.43. The Hall–Kier alpha value is -2.56. The molecule has 0 aliphatic heterocycles. The summed E-state index contributed by atoms with van der Waals surface area (Å²) in [5, 5.41) is 5.97. The largest absolute Gasteiger partial charge is 0.357 e. The summed E-state index contributed by atoms with van der Waals surface area (Å²) in [6, 6.07) is 18.9. The third-order valence-electron chi connectivity index (χ3n) is 5.48. The first kappa shape index (κ1) is 23.1. The molecule has 1 unspecified atom stereocenters. The summed E-state index contributed by atoms with van der Waals surface area (Å²) >= 11 is 12.4. The highest BCUT2D eigenvalue weighted by Gasteiger charge is 2.28. The molecule has 31 heavy (non-hydrogen) atoms. The van der Waals surface area contributed by atoms with Crippen molar-refractivity contribution in [1.29, 1.82) is 0 Å². The highest BCUT2D eigenvalue weighted by Crippen LogP contribution is 2.25. The Kier molecular flexibility index (Phi) is 7.94. The van der Waals surface area contributed by atoms with Gasteiger partial charge in [0, 0.05) is 30.1 Å². The van der Waals surface area contributed by atoms with Crippen LogP contribution in [0.15, 0.2) is 60.7 Å². The zero-order chi connectivity index (χ0) is 22.4. The van der Waals surface area contributed by atoms with E-state index in [9.17, 15) is 9.59 Å². The van der Waals surface area contributed by atoms with E-state index in [1.807, 2.05) is 31.2 Å². The van der Waals surface area contributed by atoms with Gasteiger partial charge in [0.2, 0.25) is 11.8 Å². The van der Waals surface area contributed by atoms with Gasteiger partial charge in [-0.15, -0.1) is 0 Å². The molecule has 0 spiro atoms. The van der Waals surface area contributed by atoms with Crippen LogP contribution in [-0.4, -0.2) is 29.8 Å². The number of carbonyl (C=O) groups excluding carboxylic acids is 2. The van der Waals surface area contributed by atoms with Crippen molar-refractivity contribution in [2.24, 2.45) is 0 Å². The third-order valence-corrected chi connectivity index (χ3v) is 6.06. The number of halogens is 2. The molecule has 3 rings (SSSR count). The van der Waals surface area contributed by atoms with Gasteiger partial charge in [-0.3, -0.25) is 9.59 Å². The average Bonchev–Trinajstić information content (AvgIpc) is 2.78. The van der Waals surface area contributed by atoms with Crippen molar-refractivity contribution in [1.82, 2.24) is 10.2 Å². The standard InChI is InChI=1S/C25H26Cl2N2O2/c1-3-23(25(31)28-2)29(16-19-11-13-20(26)15-22(19)27)24(30)14-12-18-9-6-8-17-7-4-5-10-21(17)18/h4-11,13,15,23H,3,12,14,16H2,1-2H3,(H,28,31). The first-order valence-electron chi connectivity index (χ1n) is 10.4. The molecule has 0 heterocycles. The Labute approximate surface area is 193 Å². The minimum atomic E-state index is -0.572. The van der Waals surface area contributed by atoms with Crippen LogP contribution in [0, 0.1) is 0 Å². The van der Waals surface area contributed by atoms with Crippen molar-refractivity contribution in [3.8, 4) is 0 Å². The second-order valence-corrected chi connectivity index (χ2v) is 8.28. The molecule has 0 aromatic heterocycles. The smallest absolute Gasteiger partial charge is 0.242 e. The molecule has 1 atom stereocenters. The monoisotopic (exact) mass is 456 g/mol. The Balaban J connectivity index is 1.85. The fraction of sp³-hybridized carbons (Fsp3) is 0.280. The van der Waals surface area contributed by atoms with Crippen LogP contribution in [0.25, 0.3) is 10.8 Å². The number of hydrogen-bond donors (Lipinski definition) is 1. The SMILES string of the molecule is CCC(C(=O)NC)N(Cc1ccc(Cl)cc1Cl)C(=O)CCc1cccc2ccccc12. The molecule has 3 aromatic carbocycles. The van der Waals surface area contributed by atoms with Gasteiger partial charge in [-0.25, -0.2) is 0 Å². The van der Waals surface area contributed by atoms with E-state index in [1.165, 1.54) is 0 Å². The number of likely N-dealkylation sites (N-methyl/N-ethyl adjacent to an activating group) is 1.